The van der Waals surface area contributed by atoms with Gasteiger partial charge in [-0.15, -0.1) is 24.0 Å². The number of guanidine groups is 1. The number of sulfonamides is 1. The molecule has 0 aromatic heterocycles. The molecule has 166 valence electrons. The Morgan fingerprint density at radius 2 is 1.87 bits per heavy atom. The smallest absolute Gasteiger partial charge is 0.238 e. The molecule has 1 atom stereocenters. The molecule has 0 saturated carbocycles. The highest BCUT2D eigenvalue weighted by Crippen LogP contribution is 2.15. The van der Waals surface area contributed by atoms with Gasteiger partial charge in [0, 0.05) is 19.7 Å². The maximum Gasteiger partial charge on any atom is 0.238 e. The van der Waals surface area contributed by atoms with Gasteiger partial charge in [-0.3, -0.25) is 0 Å². The summed E-state index contributed by atoms with van der Waals surface area (Å²) in [5.41, 5.74) is 1.94. The zero-order valence-electron chi connectivity index (χ0n) is 17.4. The molecule has 0 amide bonds. The van der Waals surface area contributed by atoms with Crippen molar-refractivity contribution in [3.05, 3.63) is 65.7 Å². The summed E-state index contributed by atoms with van der Waals surface area (Å²) < 4.78 is 28.8. The van der Waals surface area contributed by atoms with E-state index in [4.69, 9.17) is 9.88 Å². The topological polar surface area (TPSA) is 106 Å². The second kappa shape index (κ2) is 13.6. The van der Waals surface area contributed by atoms with Gasteiger partial charge in [-0.25, -0.2) is 18.5 Å². The first kappa shape index (κ1) is 26.3. The molecule has 0 aliphatic heterocycles. The van der Waals surface area contributed by atoms with E-state index in [1.807, 2.05) is 38.1 Å². The van der Waals surface area contributed by atoms with Crippen LogP contribution in [0.5, 0.6) is 0 Å². The minimum atomic E-state index is -3.72. The van der Waals surface area contributed by atoms with E-state index in [0.29, 0.717) is 25.7 Å². The summed E-state index contributed by atoms with van der Waals surface area (Å²) in [7, 11) is -3.72. The van der Waals surface area contributed by atoms with E-state index in [9.17, 15) is 8.42 Å². The number of nitrogens with two attached hydrogens (primary N) is 1. The van der Waals surface area contributed by atoms with Crippen molar-refractivity contribution >= 4 is 40.0 Å². The minimum Gasteiger partial charge on any atom is -0.374 e. The molecular formula is C21H31IN4O3S. The lowest BCUT2D eigenvalue weighted by Gasteiger charge is -2.14. The van der Waals surface area contributed by atoms with E-state index < -0.39 is 10.0 Å². The van der Waals surface area contributed by atoms with Crippen LogP contribution in [0.3, 0.4) is 0 Å². The Bertz CT molecular complexity index is 892. The third-order valence-corrected chi connectivity index (χ3v) is 5.15. The lowest BCUT2D eigenvalue weighted by atomic mass is 10.1. The molecule has 7 nitrogen and oxygen atoms in total. The molecule has 0 radical (unpaired) electrons. The summed E-state index contributed by atoms with van der Waals surface area (Å²) in [5, 5.41) is 11.6. The highest BCUT2D eigenvalue weighted by molar-refractivity contribution is 14.0. The van der Waals surface area contributed by atoms with Crippen LogP contribution in [0, 0.1) is 0 Å². The van der Waals surface area contributed by atoms with Crippen LogP contribution in [-0.4, -0.2) is 34.1 Å². The fraction of sp³-hybridized carbons (Fsp3) is 0.381. The molecule has 2 aromatic rings. The van der Waals surface area contributed by atoms with E-state index in [2.05, 4.69) is 27.8 Å². The quantitative estimate of drug-likeness (QED) is 0.184. The summed E-state index contributed by atoms with van der Waals surface area (Å²) in [6.07, 6.45) is 0.895. The first-order chi connectivity index (χ1) is 13.9. The molecule has 0 bridgehead atoms. The van der Waals surface area contributed by atoms with Gasteiger partial charge in [0.2, 0.25) is 10.0 Å². The number of nitrogens with zero attached hydrogens (tertiary/aromatic N) is 1. The monoisotopic (exact) mass is 546 g/mol. The predicted molar refractivity (Wildman–Crippen MR) is 131 cm³/mol. The molecule has 4 N–H and O–H groups in total. The number of ether oxygens (including phenoxy) is 1. The number of benzene rings is 2. The molecule has 2 aromatic carbocycles. The van der Waals surface area contributed by atoms with Crippen molar-refractivity contribution in [3.63, 3.8) is 0 Å². The lowest BCUT2D eigenvalue weighted by molar-refractivity contribution is 0.0646. The Labute approximate surface area is 196 Å². The SMILES string of the molecule is CCNC(=NCc1cccc(S(N)(=O)=O)c1)NCCCOC(C)c1ccccc1.I. The van der Waals surface area contributed by atoms with E-state index in [1.54, 1.807) is 12.1 Å². The largest absolute Gasteiger partial charge is 0.374 e. The Kier molecular flexibility index (Phi) is 11.9. The Morgan fingerprint density at radius 1 is 1.13 bits per heavy atom. The number of aliphatic imine (C=N–C) groups is 1. The number of halogens is 1. The molecule has 0 aliphatic rings. The van der Waals surface area contributed by atoms with Crippen molar-refractivity contribution in [2.45, 2.75) is 37.8 Å². The molecule has 0 heterocycles. The van der Waals surface area contributed by atoms with E-state index >= 15 is 0 Å². The van der Waals surface area contributed by atoms with Crippen LogP contribution in [0.2, 0.25) is 0 Å². The molecule has 0 saturated heterocycles. The highest BCUT2D eigenvalue weighted by atomic mass is 127. The van der Waals surface area contributed by atoms with E-state index in [-0.39, 0.29) is 35.0 Å². The lowest BCUT2D eigenvalue weighted by Crippen LogP contribution is -2.38. The van der Waals surface area contributed by atoms with Crippen LogP contribution in [0.4, 0.5) is 0 Å². The van der Waals surface area contributed by atoms with Gasteiger partial charge in [0.15, 0.2) is 5.96 Å². The predicted octanol–water partition coefficient (Wildman–Crippen LogP) is 3.18. The Hall–Kier alpha value is -1.69. The minimum absolute atomic E-state index is 0. The van der Waals surface area contributed by atoms with Crippen LogP contribution >= 0.6 is 24.0 Å². The summed E-state index contributed by atoms with van der Waals surface area (Å²) in [5.74, 6) is 0.671. The summed E-state index contributed by atoms with van der Waals surface area (Å²) in [6, 6.07) is 16.6. The standard InChI is InChI=1S/C21H30N4O3S.HI/c1-3-23-21(25-16-18-9-7-12-20(15-18)29(22,26)27)24-13-8-14-28-17(2)19-10-5-4-6-11-19;/h4-7,9-12,15,17H,3,8,13-14,16H2,1-2H3,(H2,22,26,27)(H2,23,24,25);1H. The third-order valence-electron chi connectivity index (χ3n) is 4.24. The second-order valence-corrected chi connectivity index (χ2v) is 8.15. The summed E-state index contributed by atoms with van der Waals surface area (Å²) in [6.45, 7) is 6.46. The van der Waals surface area contributed by atoms with Gasteiger partial charge in [-0.05, 0) is 43.5 Å². The Morgan fingerprint density at radius 3 is 2.53 bits per heavy atom. The first-order valence-corrected chi connectivity index (χ1v) is 11.2. The normalized spacial score (nSPS) is 12.7. The van der Waals surface area contributed by atoms with Crippen LogP contribution in [-0.2, 0) is 21.3 Å². The van der Waals surface area contributed by atoms with Gasteiger partial charge >= 0.3 is 0 Å². The number of primary sulfonamides is 1. The number of hydrogen-bond donors (Lipinski definition) is 3. The maximum absolute atomic E-state index is 11.5. The van der Waals surface area contributed by atoms with Gasteiger partial charge in [0.25, 0.3) is 0 Å². The number of hydrogen-bond acceptors (Lipinski definition) is 4. The third kappa shape index (κ3) is 9.41. The molecule has 0 spiro atoms. The molecule has 9 heteroatoms. The molecule has 0 fully saturated rings. The summed E-state index contributed by atoms with van der Waals surface area (Å²) >= 11 is 0. The van der Waals surface area contributed by atoms with Gasteiger partial charge < -0.3 is 15.4 Å². The van der Waals surface area contributed by atoms with Gasteiger partial charge in [0.1, 0.15) is 0 Å². The van der Waals surface area contributed by atoms with Crippen molar-refractivity contribution in [2.24, 2.45) is 10.1 Å². The van der Waals surface area contributed by atoms with Crippen molar-refractivity contribution in [1.29, 1.82) is 0 Å². The van der Waals surface area contributed by atoms with E-state index in [1.165, 1.54) is 6.07 Å². The first-order valence-electron chi connectivity index (χ1n) is 9.70. The highest BCUT2D eigenvalue weighted by Gasteiger charge is 2.08. The fourth-order valence-electron chi connectivity index (χ4n) is 2.69. The van der Waals surface area contributed by atoms with Crippen LogP contribution in [0.1, 0.15) is 37.5 Å². The van der Waals surface area contributed by atoms with E-state index in [0.717, 1.165) is 24.1 Å². The van der Waals surface area contributed by atoms with Crippen molar-refractivity contribution in [3.8, 4) is 0 Å². The number of rotatable bonds is 10. The maximum atomic E-state index is 11.5. The number of nitrogens with one attached hydrogen (secondary N) is 2. The second-order valence-electron chi connectivity index (χ2n) is 6.59. The molecular weight excluding hydrogens is 515 g/mol. The van der Waals surface area contributed by atoms with Gasteiger partial charge in [0.05, 0.1) is 17.5 Å². The van der Waals surface area contributed by atoms with Gasteiger partial charge in [-0.1, -0.05) is 42.5 Å². The van der Waals surface area contributed by atoms with Crippen molar-refractivity contribution in [2.75, 3.05) is 19.7 Å². The molecule has 1 unspecified atom stereocenters. The Balaban J connectivity index is 0.00000450. The summed E-state index contributed by atoms with van der Waals surface area (Å²) in [4.78, 5) is 4.60. The van der Waals surface area contributed by atoms with Crippen LogP contribution in [0.15, 0.2) is 64.5 Å². The van der Waals surface area contributed by atoms with Crippen molar-refractivity contribution in [1.82, 2.24) is 10.6 Å². The average molecular weight is 546 g/mol. The zero-order chi connectivity index (χ0) is 21.1. The zero-order valence-corrected chi connectivity index (χ0v) is 20.5. The average Bonchev–Trinajstić information content (AvgIpc) is 2.71. The van der Waals surface area contributed by atoms with Gasteiger partial charge in [-0.2, -0.15) is 0 Å². The van der Waals surface area contributed by atoms with Crippen molar-refractivity contribution < 1.29 is 13.2 Å². The van der Waals surface area contributed by atoms with Crippen LogP contribution < -0.4 is 15.8 Å². The molecule has 30 heavy (non-hydrogen) atoms. The van der Waals surface area contributed by atoms with Crippen LogP contribution in [0.25, 0.3) is 0 Å². The fourth-order valence-corrected chi connectivity index (χ4v) is 3.28. The molecule has 2 rings (SSSR count). The molecule has 0 aliphatic carbocycles.